The second-order valence-corrected chi connectivity index (χ2v) is 6.80. The fraction of sp³-hybridized carbons (Fsp3) is 0.227. The molecule has 0 heterocycles. The molecule has 1 amide bonds. The van der Waals surface area contributed by atoms with Gasteiger partial charge >= 0.3 is 5.97 Å². The number of rotatable bonds is 8. The first-order valence-corrected chi connectivity index (χ1v) is 9.98. The van der Waals surface area contributed by atoms with Gasteiger partial charge in [0.25, 0.3) is 5.91 Å². The summed E-state index contributed by atoms with van der Waals surface area (Å²) in [7, 11) is 0. The predicted octanol–water partition coefficient (Wildman–Crippen LogP) is 4.72. The average molecular weight is 473 g/mol. The number of ether oxygens (including phenoxy) is 3. The maximum atomic E-state index is 12.6. The van der Waals surface area contributed by atoms with E-state index in [0.717, 1.165) is 0 Å². The number of benzene rings is 2. The van der Waals surface area contributed by atoms with E-state index in [1.54, 1.807) is 43.3 Å². The number of nitriles is 1. The first kappa shape index (κ1) is 23.0. The van der Waals surface area contributed by atoms with Gasteiger partial charge in [-0.3, -0.25) is 9.59 Å². The Morgan fingerprint density at radius 3 is 2.53 bits per heavy atom. The number of carbonyl (C=O) groups excluding carboxylic acids is 2. The molecule has 2 aromatic carbocycles. The third kappa shape index (κ3) is 6.36. The minimum Gasteiger partial charge on any atom is -0.494 e. The van der Waals surface area contributed by atoms with Crippen molar-refractivity contribution < 1.29 is 23.8 Å². The highest BCUT2D eigenvalue weighted by Gasteiger charge is 2.16. The van der Waals surface area contributed by atoms with Gasteiger partial charge in [-0.25, -0.2) is 0 Å². The molecule has 2 aromatic rings. The van der Waals surface area contributed by atoms with Crippen LogP contribution in [0.2, 0.25) is 0 Å². The van der Waals surface area contributed by atoms with Gasteiger partial charge in [0.15, 0.2) is 11.5 Å². The fourth-order valence-electron chi connectivity index (χ4n) is 2.52. The Balaban J connectivity index is 2.32. The van der Waals surface area contributed by atoms with Crippen LogP contribution in [-0.2, 0) is 9.59 Å². The van der Waals surface area contributed by atoms with E-state index in [1.807, 2.05) is 13.0 Å². The molecule has 1 N–H and O–H groups in total. The molecule has 0 unspecified atom stereocenters. The van der Waals surface area contributed by atoms with Crippen LogP contribution < -0.4 is 19.5 Å². The molecule has 0 bridgehead atoms. The summed E-state index contributed by atoms with van der Waals surface area (Å²) in [6, 6.07) is 12.0. The van der Waals surface area contributed by atoms with Crippen LogP contribution in [0.1, 0.15) is 26.3 Å². The second-order valence-electron chi connectivity index (χ2n) is 5.94. The maximum Gasteiger partial charge on any atom is 0.308 e. The lowest BCUT2D eigenvalue weighted by atomic mass is 10.1. The molecule has 0 spiro atoms. The molecule has 0 saturated heterocycles. The zero-order valence-corrected chi connectivity index (χ0v) is 18.4. The minimum absolute atomic E-state index is 0.105. The van der Waals surface area contributed by atoms with E-state index >= 15 is 0 Å². The van der Waals surface area contributed by atoms with Crippen molar-refractivity contribution in [3.8, 4) is 23.3 Å². The largest absolute Gasteiger partial charge is 0.494 e. The molecule has 7 nitrogen and oxygen atoms in total. The van der Waals surface area contributed by atoms with Crippen LogP contribution in [0.4, 0.5) is 5.69 Å². The topological polar surface area (TPSA) is 97.6 Å². The Kier molecular flexibility index (Phi) is 8.44. The molecule has 0 aliphatic rings. The van der Waals surface area contributed by atoms with Gasteiger partial charge in [0.05, 0.1) is 17.7 Å². The van der Waals surface area contributed by atoms with Crippen LogP contribution in [0.15, 0.2) is 46.4 Å². The van der Waals surface area contributed by atoms with E-state index in [0.29, 0.717) is 40.4 Å². The van der Waals surface area contributed by atoms with Crippen molar-refractivity contribution in [1.29, 1.82) is 5.26 Å². The lowest BCUT2D eigenvalue weighted by Gasteiger charge is -2.13. The molecule has 0 radical (unpaired) electrons. The molecule has 0 aliphatic heterocycles. The zero-order valence-electron chi connectivity index (χ0n) is 16.8. The molecule has 8 heteroatoms. The third-order valence-electron chi connectivity index (χ3n) is 3.66. The number of halogens is 1. The van der Waals surface area contributed by atoms with Crippen LogP contribution >= 0.6 is 15.9 Å². The standard InChI is InChI=1S/C22H21BrN2O5/c1-4-28-18-8-6-7-17(12-18)25-22(27)16(13-24)9-15-10-19(23)21(30-14(3)26)20(11-15)29-5-2/h6-12H,4-5H2,1-3H3,(H,25,27)/b16-9+. The normalized spacial score (nSPS) is 10.7. The highest BCUT2D eigenvalue weighted by molar-refractivity contribution is 9.10. The summed E-state index contributed by atoms with van der Waals surface area (Å²) in [5, 5.41) is 12.2. The lowest BCUT2D eigenvalue weighted by molar-refractivity contribution is -0.132. The molecule has 0 aromatic heterocycles. The smallest absolute Gasteiger partial charge is 0.308 e. The van der Waals surface area contributed by atoms with Gasteiger partial charge in [0.1, 0.15) is 17.4 Å². The number of nitrogens with zero attached hydrogens (tertiary/aromatic N) is 1. The van der Waals surface area contributed by atoms with Gasteiger partial charge in [0.2, 0.25) is 0 Å². The van der Waals surface area contributed by atoms with E-state index in [1.165, 1.54) is 13.0 Å². The van der Waals surface area contributed by atoms with E-state index in [9.17, 15) is 14.9 Å². The highest BCUT2D eigenvalue weighted by Crippen LogP contribution is 2.37. The SMILES string of the molecule is CCOc1cccc(NC(=O)/C(C#N)=C/c2cc(Br)c(OC(C)=O)c(OCC)c2)c1. The summed E-state index contributed by atoms with van der Waals surface area (Å²) in [4.78, 5) is 23.9. The molecule has 30 heavy (non-hydrogen) atoms. The summed E-state index contributed by atoms with van der Waals surface area (Å²) in [5.41, 5.74) is 0.927. The van der Waals surface area contributed by atoms with Crippen molar-refractivity contribution in [2.24, 2.45) is 0 Å². The number of anilines is 1. The summed E-state index contributed by atoms with van der Waals surface area (Å²) in [6.07, 6.45) is 1.42. The van der Waals surface area contributed by atoms with Gasteiger partial charge in [-0.05, 0) is 65.7 Å². The lowest BCUT2D eigenvalue weighted by Crippen LogP contribution is -2.13. The van der Waals surface area contributed by atoms with E-state index in [4.69, 9.17) is 14.2 Å². The Morgan fingerprint density at radius 2 is 1.90 bits per heavy atom. The molecule has 0 aliphatic carbocycles. The first-order valence-electron chi connectivity index (χ1n) is 9.18. The zero-order chi connectivity index (χ0) is 22.1. The van der Waals surface area contributed by atoms with Crippen molar-refractivity contribution in [2.45, 2.75) is 20.8 Å². The number of esters is 1. The molecule has 0 fully saturated rings. The van der Waals surface area contributed by atoms with Gasteiger partial charge in [0, 0.05) is 18.7 Å². The van der Waals surface area contributed by atoms with Crippen LogP contribution in [-0.4, -0.2) is 25.1 Å². The highest BCUT2D eigenvalue weighted by atomic mass is 79.9. The van der Waals surface area contributed by atoms with Gasteiger partial charge < -0.3 is 19.5 Å². The average Bonchev–Trinajstić information content (AvgIpc) is 2.69. The Hall–Kier alpha value is -3.31. The van der Waals surface area contributed by atoms with Crippen LogP contribution in [0.25, 0.3) is 6.08 Å². The van der Waals surface area contributed by atoms with Crippen molar-refractivity contribution >= 4 is 39.6 Å². The van der Waals surface area contributed by atoms with E-state index < -0.39 is 11.9 Å². The first-order chi connectivity index (χ1) is 14.4. The van der Waals surface area contributed by atoms with Crippen molar-refractivity contribution in [1.82, 2.24) is 0 Å². The quantitative estimate of drug-likeness (QED) is 0.258. The van der Waals surface area contributed by atoms with Crippen LogP contribution in [0.3, 0.4) is 0 Å². The molecule has 0 saturated carbocycles. The molecule has 156 valence electrons. The molecular formula is C22H21BrN2O5. The van der Waals surface area contributed by atoms with Crippen molar-refractivity contribution in [2.75, 3.05) is 18.5 Å². The Labute approximate surface area is 183 Å². The molecular weight excluding hydrogens is 452 g/mol. The summed E-state index contributed by atoms with van der Waals surface area (Å²) >= 11 is 3.34. The number of amides is 1. The number of nitrogens with one attached hydrogen (secondary N) is 1. The van der Waals surface area contributed by atoms with Gasteiger partial charge in [-0.15, -0.1) is 0 Å². The summed E-state index contributed by atoms with van der Waals surface area (Å²) in [6.45, 7) is 5.78. The number of hydrogen-bond donors (Lipinski definition) is 1. The predicted molar refractivity (Wildman–Crippen MR) is 116 cm³/mol. The third-order valence-corrected chi connectivity index (χ3v) is 4.25. The van der Waals surface area contributed by atoms with Gasteiger partial charge in [-0.2, -0.15) is 5.26 Å². The van der Waals surface area contributed by atoms with Crippen molar-refractivity contribution in [3.05, 3.63) is 52.0 Å². The van der Waals surface area contributed by atoms with Crippen LogP contribution in [0, 0.1) is 11.3 Å². The Morgan fingerprint density at radius 1 is 1.17 bits per heavy atom. The maximum absolute atomic E-state index is 12.6. The van der Waals surface area contributed by atoms with Crippen LogP contribution in [0.5, 0.6) is 17.2 Å². The fourth-order valence-corrected chi connectivity index (χ4v) is 3.06. The van der Waals surface area contributed by atoms with E-state index in [-0.39, 0.29) is 11.3 Å². The summed E-state index contributed by atoms with van der Waals surface area (Å²) in [5.74, 6) is 0.104. The van der Waals surface area contributed by atoms with Gasteiger partial charge in [-0.1, -0.05) is 6.07 Å². The monoisotopic (exact) mass is 472 g/mol. The minimum atomic E-state index is -0.565. The second kappa shape index (κ2) is 11.0. The van der Waals surface area contributed by atoms with Crippen molar-refractivity contribution in [3.63, 3.8) is 0 Å². The number of carbonyl (C=O) groups is 2. The Bertz CT molecular complexity index is 1010. The molecule has 2 rings (SSSR count). The van der Waals surface area contributed by atoms with E-state index in [2.05, 4.69) is 21.2 Å². The summed E-state index contributed by atoms with van der Waals surface area (Å²) < 4.78 is 16.6. The molecule has 0 atom stereocenters. The number of hydrogen-bond acceptors (Lipinski definition) is 6.